The maximum absolute atomic E-state index is 12.2. The van der Waals surface area contributed by atoms with Gasteiger partial charge in [-0.2, -0.15) is 0 Å². The van der Waals surface area contributed by atoms with Crippen molar-refractivity contribution in [3.05, 3.63) is 0 Å². The normalized spacial score (nSPS) is 15.2. The average Bonchev–Trinajstić information content (AvgIpc) is 2.29. The molecule has 1 amide bonds. The van der Waals surface area contributed by atoms with Crippen LogP contribution < -0.4 is 11.5 Å². The molecule has 0 aromatic rings. The van der Waals surface area contributed by atoms with Gasteiger partial charge in [-0.1, -0.05) is 20.8 Å². The molecule has 0 saturated carbocycles. The van der Waals surface area contributed by atoms with E-state index in [1.165, 1.54) is 0 Å². The summed E-state index contributed by atoms with van der Waals surface area (Å²) in [7, 11) is 0. The number of rotatable bonds is 6. The minimum Gasteiger partial charge on any atom is -0.460 e. The molecule has 21 heavy (non-hydrogen) atoms. The lowest BCUT2D eigenvalue weighted by Crippen LogP contribution is -2.50. The molecular weight excluding hydrogens is 272 g/mol. The number of primary amides is 1. The monoisotopic (exact) mass is 300 g/mol. The summed E-state index contributed by atoms with van der Waals surface area (Å²) < 4.78 is 5.35. The maximum Gasteiger partial charge on any atom is 0.311 e. The number of nitrogens with two attached hydrogens (primary N) is 2. The van der Waals surface area contributed by atoms with E-state index in [0.29, 0.717) is 0 Å². The van der Waals surface area contributed by atoms with Crippen LogP contribution in [0.15, 0.2) is 0 Å². The second kappa shape index (κ2) is 7.02. The van der Waals surface area contributed by atoms with Gasteiger partial charge in [-0.25, -0.2) is 0 Å². The molecule has 0 bridgehead atoms. The van der Waals surface area contributed by atoms with Crippen molar-refractivity contribution in [3.63, 3.8) is 0 Å². The van der Waals surface area contributed by atoms with Crippen molar-refractivity contribution in [2.75, 3.05) is 0 Å². The lowest BCUT2D eigenvalue weighted by atomic mass is 9.84. The van der Waals surface area contributed by atoms with Gasteiger partial charge in [-0.05, 0) is 27.2 Å². The molecule has 0 aliphatic carbocycles. The second-order valence-corrected chi connectivity index (χ2v) is 7.34. The minimum absolute atomic E-state index is 0.00716. The van der Waals surface area contributed by atoms with E-state index in [9.17, 15) is 14.4 Å². The first-order valence-corrected chi connectivity index (χ1v) is 7.06. The average molecular weight is 300 g/mol. The van der Waals surface area contributed by atoms with E-state index in [0.717, 1.165) is 0 Å². The molecule has 0 aromatic carbocycles. The Hall–Kier alpha value is -1.43. The quantitative estimate of drug-likeness (QED) is 0.714. The first-order chi connectivity index (χ1) is 9.26. The van der Waals surface area contributed by atoms with Gasteiger partial charge in [-0.15, -0.1) is 0 Å². The van der Waals surface area contributed by atoms with E-state index >= 15 is 0 Å². The summed E-state index contributed by atoms with van der Waals surface area (Å²) in [6.45, 7) is 10.3. The van der Waals surface area contributed by atoms with Crippen LogP contribution in [0, 0.1) is 10.8 Å². The van der Waals surface area contributed by atoms with E-state index in [1.54, 1.807) is 41.5 Å². The van der Waals surface area contributed by atoms with E-state index in [4.69, 9.17) is 16.2 Å². The van der Waals surface area contributed by atoms with Gasteiger partial charge < -0.3 is 16.2 Å². The summed E-state index contributed by atoms with van der Waals surface area (Å²) in [5, 5.41) is 0. The predicted octanol–water partition coefficient (Wildman–Crippen LogP) is 1.15. The third-order valence-corrected chi connectivity index (χ3v) is 2.99. The van der Waals surface area contributed by atoms with Gasteiger partial charge in [0.15, 0.2) is 5.78 Å². The molecule has 0 heterocycles. The van der Waals surface area contributed by atoms with Crippen LogP contribution in [-0.2, 0) is 19.1 Å². The highest BCUT2D eigenvalue weighted by molar-refractivity contribution is 5.89. The molecule has 0 aliphatic heterocycles. The lowest BCUT2D eigenvalue weighted by molar-refractivity contribution is -0.161. The number of Topliss-reactive ketones (excluding diaryl/α,β-unsaturated/α-hetero) is 1. The topological polar surface area (TPSA) is 112 Å². The maximum atomic E-state index is 12.2. The van der Waals surface area contributed by atoms with Crippen molar-refractivity contribution in [1.82, 2.24) is 0 Å². The standard InChI is InChI=1S/C15H28N2O4/c1-14(2,3)12(19)11(17)9(7-8-10(16)18)21-13(20)15(4,5)6/h9,11H,7-8,17H2,1-6H3,(H2,16,18). The molecule has 0 aliphatic rings. The number of amides is 1. The van der Waals surface area contributed by atoms with Crippen molar-refractivity contribution in [3.8, 4) is 0 Å². The van der Waals surface area contributed by atoms with E-state index < -0.39 is 34.9 Å². The third kappa shape index (κ3) is 6.71. The fourth-order valence-corrected chi connectivity index (χ4v) is 1.58. The second-order valence-electron chi connectivity index (χ2n) is 7.34. The Morgan fingerprint density at radius 2 is 1.48 bits per heavy atom. The van der Waals surface area contributed by atoms with Crippen LogP contribution in [0.1, 0.15) is 54.4 Å². The summed E-state index contributed by atoms with van der Waals surface area (Å²) in [4.78, 5) is 35.2. The third-order valence-electron chi connectivity index (χ3n) is 2.99. The minimum atomic E-state index is -0.976. The van der Waals surface area contributed by atoms with Gasteiger partial charge in [0.1, 0.15) is 12.1 Å². The predicted molar refractivity (Wildman–Crippen MR) is 80.2 cm³/mol. The van der Waals surface area contributed by atoms with Crippen molar-refractivity contribution in [2.24, 2.45) is 22.3 Å². The highest BCUT2D eigenvalue weighted by Crippen LogP contribution is 2.23. The zero-order valence-corrected chi connectivity index (χ0v) is 13.9. The van der Waals surface area contributed by atoms with Crippen molar-refractivity contribution >= 4 is 17.7 Å². The van der Waals surface area contributed by atoms with Crippen LogP contribution >= 0.6 is 0 Å². The Kier molecular flexibility index (Phi) is 6.54. The number of ether oxygens (including phenoxy) is 1. The molecule has 4 N–H and O–H groups in total. The first-order valence-electron chi connectivity index (χ1n) is 7.06. The van der Waals surface area contributed by atoms with Gasteiger partial charge in [0.2, 0.25) is 5.91 Å². The summed E-state index contributed by atoms with van der Waals surface area (Å²) >= 11 is 0. The zero-order valence-electron chi connectivity index (χ0n) is 13.9. The molecule has 0 saturated heterocycles. The molecule has 6 heteroatoms. The van der Waals surface area contributed by atoms with E-state index in [-0.39, 0.29) is 18.6 Å². The molecule has 2 atom stereocenters. The van der Waals surface area contributed by atoms with Crippen LogP contribution in [0.25, 0.3) is 0 Å². The van der Waals surface area contributed by atoms with Crippen LogP contribution in [0.2, 0.25) is 0 Å². The molecule has 122 valence electrons. The largest absolute Gasteiger partial charge is 0.460 e. The molecule has 2 unspecified atom stereocenters. The van der Waals surface area contributed by atoms with Crippen LogP contribution in [0.3, 0.4) is 0 Å². The number of carbonyl (C=O) groups is 3. The highest BCUT2D eigenvalue weighted by Gasteiger charge is 2.36. The number of hydrogen-bond acceptors (Lipinski definition) is 5. The first kappa shape index (κ1) is 19.6. The van der Waals surface area contributed by atoms with Gasteiger partial charge in [-0.3, -0.25) is 14.4 Å². The van der Waals surface area contributed by atoms with Crippen molar-refractivity contribution in [1.29, 1.82) is 0 Å². The molecule has 0 rings (SSSR count). The molecular formula is C15H28N2O4. The smallest absolute Gasteiger partial charge is 0.311 e. The molecule has 0 radical (unpaired) electrons. The number of hydrogen-bond donors (Lipinski definition) is 2. The fourth-order valence-electron chi connectivity index (χ4n) is 1.58. The Morgan fingerprint density at radius 1 is 1.00 bits per heavy atom. The van der Waals surface area contributed by atoms with Crippen LogP contribution in [0.5, 0.6) is 0 Å². The summed E-state index contributed by atoms with van der Waals surface area (Å²) in [5.74, 6) is -1.21. The Morgan fingerprint density at radius 3 is 1.81 bits per heavy atom. The van der Waals surface area contributed by atoms with Gasteiger partial charge >= 0.3 is 5.97 Å². The van der Waals surface area contributed by atoms with Crippen molar-refractivity contribution in [2.45, 2.75) is 66.5 Å². The van der Waals surface area contributed by atoms with Gasteiger partial charge in [0.05, 0.1) is 5.41 Å². The summed E-state index contributed by atoms with van der Waals surface area (Å²) in [5.41, 5.74) is 9.69. The molecule has 0 aromatic heterocycles. The summed E-state index contributed by atoms with van der Waals surface area (Å²) in [6.07, 6.45) is -0.705. The van der Waals surface area contributed by atoms with Crippen LogP contribution in [-0.4, -0.2) is 29.8 Å². The number of carbonyl (C=O) groups excluding carboxylic acids is 3. The van der Waals surface area contributed by atoms with E-state index in [2.05, 4.69) is 0 Å². The summed E-state index contributed by atoms with van der Waals surface area (Å²) in [6, 6.07) is -0.976. The van der Waals surface area contributed by atoms with E-state index in [1.807, 2.05) is 0 Å². The Bertz CT molecular complexity index is 405. The highest BCUT2D eigenvalue weighted by atomic mass is 16.5. The SMILES string of the molecule is CC(C)(C)C(=O)OC(CCC(N)=O)C(N)C(=O)C(C)(C)C. The number of ketones is 1. The van der Waals surface area contributed by atoms with Crippen molar-refractivity contribution < 1.29 is 19.1 Å². The van der Waals surface area contributed by atoms with Gasteiger partial charge in [0, 0.05) is 11.8 Å². The molecule has 6 nitrogen and oxygen atoms in total. The Balaban J connectivity index is 5.09. The van der Waals surface area contributed by atoms with Crippen LogP contribution in [0.4, 0.5) is 0 Å². The zero-order chi connectivity index (χ0) is 17.0. The Labute approximate surface area is 126 Å². The lowest BCUT2D eigenvalue weighted by Gasteiger charge is -2.30. The fraction of sp³-hybridized carbons (Fsp3) is 0.800. The van der Waals surface area contributed by atoms with Gasteiger partial charge in [0.25, 0.3) is 0 Å². The molecule has 0 fully saturated rings. The number of esters is 1. The molecule has 0 spiro atoms.